The Hall–Kier alpha value is -2.40. The van der Waals surface area contributed by atoms with Crippen molar-refractivity contribution >= 4 is 23.6 Å². The molecule has 1 aromatic rings. The molecule has 2 amide bonds. The van der Waals surface area contributed by atoms with Gasteiger partial charge in [0.15, 0.2) is 16.4 Å². The summed E-state index contributed by atoms with van der Waals surface area (Å²) in [4.78, 5) is 26.1. The number of hydrogen-bond donors (Lipinski definition) is 1. The molecule has 1 aromatic carbocycles. The van der Waals surface area contributed by atoms with Gasteiger partial charge in [-0.15, -0.1) is 11.8 Å². The number of thioether (sulfide) groups is 1. The van der Waals surface area contributed by atoms with E-state index in [9.17, 15) is 14.9 Å². The fraction of sp³-hybridized carbons (Fsp3) is 0.471. The minimum atomic E-state index is -1.04. The molecule has 3 aliphatic heterocycles. The molecule has 25 heavy (non-hydrogen) atoms. The molecule has 0 aliphatic carbocycles. The van der Waals surface area contributed by atoms with Crippen molar-refractivity contribution in [3.05, 3.63) is 23.8 Å². The van der Waals surface area contributed by atoms with Gasteiger partial charge in [-0.2, -0.15) is 5.26 Å². The van der Waals surface area contributed by atoms with Crippen molar-refractivity contribution in [3.63, 3.8) is 0 Å². The molecular formula is C17H17N3O4S. The Morgan fingerprint density at radius 1 is 1.44 bits per heavy atom. The van der Waals surface area contributed by atoms with Crippen LogP contribution in [0.5, 0.6) is 11.5 Å². The highest BCUT2D eigenvalue weighted by Gasteiger charge is 2.64. The van der Waals surface area contributed by atoms with E-state index in [2.05, 4.69) is 11.4 Å². The van der Waals surface area contributed by atoms with Crippen molar-refractivity contribution < 1.29 is 19.1 Å². The van der Waals surface area contributed by atoms with Crippen molar-refractivity contribution in [2.24, 2.45) is 5.92 Å². The highest BCUT2D eigenvalue weighted by atomic mass is 32.2. The van der Waals surface area contributed by atoms with Crippen LogP contribution in [0.15, 0.2) is 18.2 Å². The number of carbonyl (C=O) groups is 2. The third kappa shape index (κ3) is 2.12. The predicted octanol–water partition coefficient (Wildman–Crippen LogP) is 1.41. The summed E-state index contributed by atoms with van der Waals surface area (Å²) >= 11 is 1.32. The average molecular weight is 359 g/mol. The van der Waals surface area contributed by atoms with E-state index in [0.29, 0.717) is 17.9 Å². The number of amides is 2. The van der Waals surface area contributed by atoms with Crippen LogP contribution >= 0.6 is 11.8 Å². The third-order valence-corrected chi connectivity index (χ3v) is 6.48. The second-order valence-corrected chi connectivity index (χ2v) is 7.95. The number of ether oxygens (including phenoxy) is 2. The summed E-state index contributed by atoms with van der Waals surface area (Å²) in [6.45, 7) is 1.96. The van der Waals surface area contributed by atoms with Gasteiger partial charge in [0.05, 0.1) is 23.3 Å². The molecule has 3 aliphatic rings. The molecule has 4 rings (SSSR count). The molecule has 0 aromatic heterocycles. The monoisotopic (exact) mass is 359 g/mol. The Morgan fingerprint density at radius 3 is 2.92 bits per heavy atom. The number of likely N-dealkylation sites (N-methyl/N-ethyl adjacent to an activating group) is 1. The first-order valence-electron chi connectivity index (χ1n) is 8.04. The number of nitrogens with one attached hydrogen (secondary N) is 1. The summed E-state index contributed by atoms with van der Waals surface area (Å²) in [5, 5.41) is 12.0. The average Bonchev–Trinajstić information content (AvgIpc) is 3.27. The first kappa shape index (κ1) is 16.1. The molecule has 130 valence electrons. The Balaban J connectivity index is 1.82. The molecule has 1 N–H and O–H groups in total. The van der Waals surface area contributed by atoms with E-state index >= 15 is 0 Å². The van der Waals surface area contributed by atoms with Gasteiger partial charge in [0.2, 0.25) is 12.7 Å². The number of rotatable bonds is 2. The lowest BCUT2D eigenvalue weighted by Gasteiger charge is -2.32. The van der Waals surface area contributed by atoms with Crippen LogP contribution in [0.1, 0.15) is 24.9 Å². The van der Waals surface area contributed by atoms with Crippen molar-refractivity contribution in [1.29, 1.82) is 5.26 Å². The van der Waals surface area contributed by atoms with Crippen LogP contribution in [0.2, 0.25) is 0 Å². The van der Waals surface area contributed by atoms with E-state index in [0.717, 1.165) is 5.56 Å². The van der Waals surface area contributed by atoms with Crippen LogP contribution in [0.3, 0.4) is 0 Å². The van der Waals surface area contributed by atoms with Gasteiger partial charge in [-0.05, 0) is 24.6 Å². The highest BCUT2D eigenvalue weighted by Crippen LogP contribution is 2.58. The molecule has 0 spiro atoms. The van der Waals surface area contributed by atoms with Crippen LogP contribution < -0.4 is 14.8 Å². The van der Waals surface area contributed by atoms with Gasteiger partial charge in [-0.25, -0.2) is 0 Å². The zero-order chi connectivity index (χ0) is 17.8. The predicted molar refractivity (Wildman–Crippen MR) is 89.7 cm³/mol. The zero-order valence-corrected chi connectivity index (χ0v) is 14.6. The maximum absolute atomic E-state index is 12.9. The van der Waals surface area contributed by atoms with Gasteiger partial charge in [0.1, 0.15) is 0 Å². The summed E-state index contributed by atoms with van der Waals surface area (Å²) in [6, 6.07) is 7.23. The number of nitriles is 1. The van der Waals surface area contributed by atoms with Gasteiger partial charge in [-0.1, -0.05) is 6.07 Å². The van der Waals surface area contributed by atoms with Gasteiger partial charge in [-0.3, -0.25) is 9.59 Å². The van der Waals surface area contributed by atoms with Crippen LogP contribution in [0.4, 0.5) is 0 Å². The zero-order valence-electron chi connectivity index (χ0n) is 13.8. The van der Waals surface area contributed by atoms with Crippen molar-refractivity contribution in [3.8, 4) is 17.6 Å². The van der Waals surface area contributed by atoms with Crippen LogP contribution in [-0.4, -0.2) is 40.7 Å². The minimum Gasteiger partial charge on any atom is -0.454 e. The fourth-order valence-corrected chi connectivity index (χ4v) is 5.52. The molecule has 0 saturated carbocycles. The molecule has 4 atom stereocenters. The molecule has 2 saturated heterocycles. The number of nitrogens with zero attached hydrogens (tertiary/aromatic N) is 2. The summed E-state index contributed by atoms with van der Waals surface area (Å²) in [6.07, 6.45) is 0.309. The quantitative estimate of drug-likeness (QED) is 0.858. The van der Waals surface area contributed by atoms with Crippen LogP contribution in [0, 0.1) is 17.2 Å². The lowest BCUT2D eigenvalue weighted by molar-refractivity contribution is -0.139. The molecule has 0 radical (unpaired) electrons. The number of fused-ring (bicyclic) bond motifs is 2. The fourth-order valence-electron chi connectivity index (χ4n) is 3.92. The minimum absolute atomic E-state index is 0.117. The van der Waals surface area contributed by atoms with Gasteiger partial charge in [0.25, 0.3) is 5.91 Å². The molecule has 2 fully saturated rings. The van der Waals surface area contributed by atoms with E-state index in [4.69, 9.17) is 9.47 Å². The molecule has 7 nitrogen and oxygen atoms in total. The normalized spacial score (nSPS) is 32.4. The standard InChI is InChI=1S/C17H17N3O4S/c1-9-15(21)20-14(10-3-4-12-13(5-10)24-8-23-12)11(7-18)6-17(20,25-9)16(22)19-2/h3-5,9,11,14H,6,8H2,1-2H3,(H,19,22). The first-order chi connectivity index (χ1) is 12.0. The summed E-state index contributed by atoms with van der Waals surface area (Å²) in [7, 11) is 1.55. The van der Waals surface area contributed by atoms with Crippen molar-refractivity contribution in [1.82, 2.24) is 10.2 Å². The van der Waals surface area contributed by atoms with Crippen molar-refractivity contribution in [2.75, 3.05) is 13.8 Å². The number of hydrogen-bond acceptors (Lipinski definition) is 6. The number of carbonyl (C=O) groups excluding carboxylic acids is 2. The van der Waals surface area contributed by atoms with Gasteiger partial charge >= 0.3 is 0 Å². The second-order valence-electron chi connectivity index (χ2n) is 6.33. The molecule has 3 heterocycles. The maximum Gasteiger partial charge on any atom is 0.256 e. The van der Waals surface area contributed by atoms with Crippen molar-refractivity contribution in [2.45, 2.75) is 29.5 Å². The molecule has 4 unspecified atom stereocenters. The smallest absolute Gasteiger partial charge is 0.256 e. The Bertz CT molecular complexity index is 808. The maximum atomic E-state index is 12.9. The van der Waals surface area contributed by atoms with Crippen LogP contribution in [-0.2, 0) is 9.59 Å². The lowest BCUT2D eigenvalue weighted by Crippen LogP contribution is -2.50. The van der Waals surface area contributed by atoms with E-state index in [1.807, 2.05) is 6.07 Å². The topological polar surface area (TPSA) is 91.7 Å². The highest BCUT2D eigenvalue weighted by molar-refractivity contribution is 8.03. The molecular weight excluding hydrogens is 342 g/mol. The third-order valence-electron chi connectivity index (χ3n) is 4.99. The second kappa shape index (κ2) is 5.56. The Kier molecular flexibility index (Phi) is 3.58. The van der Waals surface area contributed by atoms with E-state index in [1.165, 1.54) is 11.8 Å². The van der Waals surface area contributed by atoms with E-state index < -0.39 is 16.8 Å². The van der Waals surface area contributed by atoms with Gasteiger partial charge in [0, 0.05) is 13.5 Å². The number of benzene rings is 1. The Labute approximate surface area is 149 Å². The van der Waals surface area contributed by atoms with Gasteiger partial charge < -0.3 is 19.7 Å². The van der Waals surface area contributed by atoms with E-state index in [1.54, 1.807) is 31.0 Å². The Morgan fingerprint density at radius 2 is 2.20 bits per heavy atom. The van der Waals surface area contributed by atoms with E-state index in [-0.39, 0.29) is 23.9 Å². The molecule has 8 heteroatoms. The lowest BCUT2D eigenvalue weighted by atomic mass is 9.94. The van der Waals surface area contributed by atoms with Crippen LogP contribution in [0.25, 0.3) is 0 Å². The molecule has 0 bridgehead atoms. The first-order valence-corrected chi connectivity index (χ1v) is 8.92. The summed E-state index contributed by atoms with van der Waals surface area (Å²) < 4.78 is 10.8. The summed E-state index contributed by atoms with van der Waals surface area (Å²) in [5.41, 5.74) is 0.782. The summed E-state index contributed by atoms with van der Waals surface area (Å²) in [5.74, 6) is 0.414. The SMILES string of the molecule is CNC(=O)C12CC(C#N)C(c3ccc4c(c3)OCO4)N1C(=O)C(C)S2. The largest absolute Gasteiger partial charge is 0.454 e.